The number of carboxylic acid groups (broad SMARTS) is 1. The minimum absolute atomic E-state index is 0.541. The van der Waals surface area contributed by atoms with E-state index in [-0.39, 0.29) is 0 Å². The van der Waals surface area contributed by atoms with Gasteiger partial charge in [-0.1, -0.05) is 35.0 Å². The lowest BCUT2D eigenvalue weighted by Crippen LogP contribution is -2.37. The Morgan fingerprint density at radius 2 is 1.89 bits per heavy atom. The number of benzene rings is 1. The Bertz CT molecular complexity index is 417. The molecule has 98 valence electrons. The Labute approximate surface area is 117 Å². The van der Waals surface area contributed by atoms with Gasteiger partial charge in [-0.3, -0.25) is 4.79 Å². The zero-order valence-electron chi connectivity index (χ0n) is 10.7. The van der Waals surface area contributed by atoms with Crippen LogP contribution in [0.2, 0.25) is 0 Å². The fraction of sp³-hybridized carbons (Fsp3) is 0.533. The molecule has 0 aromatic heterocycles. The fourth-order valence-electron chi connectivity index (χ4n) is 2.77. The summed E-state index contributed by atoms with van der Waals surface area (Å²) in [7, 11) is 0. The molecule has 0 spiro atoms. The Morgan fingerprint density at radius 1 is 1.33 bits per heavy atom. The highest BCUT2D eigenvalue weighted by molar-refractivity contribution is 9.10. The Hall–Kier alpha value is -0.830. The van der Waals surface area contributed by atoms with Crippen LogP contribution >= 0.6 is 15.9 Å². The van der Waals surface area contributed by atoms with Crippen LogP contribution in [0, 0.1) is 11.3 Å². The van der Waals surface area contributed by atoms with Crippen molar-refractivity contribution in [1.82, 2.24) is 0 Å². The average Bonchev–Trinajstić information content (AvgIpc) is 2.35. The molecule has 1 fully saturated rings. The van der Waals surface area contributed by atoms with Gasteiger partial charge in [0.2, 0.25) is 0 Å². The Balaban J connectivity index is 2.16. The van der Waals surface area contributed by atoms with Crippen LogP contribution in [0.3, 0.4) is 0 Å². The van der Waals surface area contributed by atoms with Crippen molar-refractivity contribution in [3.63, 3.8) is 0 Å². The molecule has 0 bridgehead atoms. The lowest BCUT2D eigenvalue weighted by Gasteiger charge is -2.36. The van der Waals surface area contributed by atoms with Crippen LogP contribution in [-0.2, 0) is 11.2 Å². The van der Waals surface area contributed by atoms with Gasteiger partial charge >= 0.3 is 5.97 Å². The molecule has 0 radical (unpaired) electrons. The van der Waals surface area contributed by atoms with Crippen molar-refractivity contribution in [3.05, 3.63) is 34.3 Å². The van der Waals surface area contributed by atoms with E-state index in [0.29, 0.717) is 12.3 Å². The first-order valence-electron chi connectivity index (χ1n) is 6.50. The number of aliphatic carboxylic acids is 1. The third-order valence-electron chi connectivity index (χ3n) is 4.14. The van der Waals surface area contributed by atoms with Gasteiger partial charge in [-0.15, -0.1) is 0 Å². The molecule has 1 aliphatic carbocycles. The maximum atomic E-state index is 11.6. The third kappa shape index (κ3) is 2.94. The largest absolute Gasteiger partial charge is 0.481 e. The normalized spacial score (nSPS) is 28.0. The topological polar surface area (TPSA) is 37.3 Å². The van der Waals surface area contributed by atoms with Crippen LogP contribution in [0.25, 0.3) is 0 Å². The van der Waals surface area contributed by atoms with Gasteiger partial charge in [-0.2, -0.15) is 0 Å². The molecule has 1 saturated carbocycles. The number of hydrogen-bond donors (Lipinski definition) is 1. The molecule has 1 N–H and O–H groups in total. The molecule has 1 aliphatic rings. The summed E-state index contributed by atoms with van der Waals surface area (Å²) in [5.41, 5.74) is 0.579. The molecule has 0 amide bonds. The average molecular weight is 311 g/mol. The van der Waals surface area contributed by atoms with Crippen LogP contribution in [0.1, 0.15) is 38.2 Å². The van der Waals surface area contributed by atoms with E-state index in [1.807, 2.05) is 24.3 Å². The Kier molecular flexibility index (Phi) is 4.10. The van der Waals surface area contributed by atoms with Gasteiger partial charge in [0.1, 0.15) is 0 Å². The maximum absolute atomic E-state index is 11.6. The van der Waals surface area contributed by atoms with E-state index in [1.165, 1.54) is 0 Å². The maximum Gasteiger partial charge on any atom is 0.309 e. The van der Waals surface area contributed by atoms with Gasteiger partial charge in [0.05, 0.1) is 5.41 Å². The molecule has 3 heteroatoms. The number of carboxylic acids is 1. The SMILES string of the molecule is CC1CCC(Cc2ccc(Br)cc2)(C(=O)O)CC1. The number of carbonyl (C=O) groups is 1. The van der Waals surface area contributed by atoms with Crippen molar-refractivity contribution in [3.8, 4) is 0 Å². The van der Waals surface area contributed by atoms with E-state index in [4.69, 9.17) is 0 Å². The van der Waals surface area contributed by atoms with Crippen LogP contribution < -0.4 is 0 Å². The molecule has 1 aromatic rings. The smallest absolute Gasteiger partial charge is 0.309 e. The van der Waals surface area contributed by atoms with Crippen molar-refractivity contribution >= 4 is 21.9 Å². The summed E-state index contributed by atoms with van der Waals surface area (Å²) < 4.78 is 1.04. The van der Waals surface area contributed by atoms with Crippen molar-refractivity contribution in [2.24, 2.45) is 11.3 Å². The van der Waals surface area contributed by atoms with Crippen molar-refractivity contribution in [1.29, 1.82) is 0 Å². The van der Waals surface area contributed by atoms with Crippen LogP contribution in [0.4, 0.5) is 0 Å². The van der Waals surface area contributed by atoms with Crippen LogP contribution in [0.15, 0.2) is 28.7 Å². The van der Waals surface area contributed by atoms with Gasteiger partial charge in [-0.25, -0.2) is 0 Å². The molecule has 18 heavy (non-hydrogen) atoms. The first kappa shape index (κ1) is 13.6. The van der Waals surface area contributed by atoms with E-state index < -0.39 is 11.4 Å². The summed E-state index contributed by atoms with van der Waals surface area (Å²) in [6, 6.07) is 8.01. The standard InChI is InChI=1S/C15H19BrO2/c1-11-6-8-15(9-7-11,14(17)18)10-12-2-4-13(16)5-3-12/h2-5,11H,6-10H2,1H3,(H,17,18). The molecular weight excluding hydrogens is 292 g/mol. The summed E-state index contributed by atoms with van der Waals surface area (Å²) in [5, 5.41) is 9.58. The van der Waals surface area contributed by atoms with Gasteiger partial charge in [-0.05, 0) is 55.7 Å². The quantitative estimate of drug-likeness (QED) is 0.905. The lowest BCUT2D eigenvalue weighted by molar-refractivity contribution is -0.151. The summed E-state index contributed by atoms with van der Waals surface area (Å²) in [4.78, 5) is 11.6. The van der Waals surface area contributed by atoms with E-state index in [1.54, 1.807) is 0 Å². The van der Waals surface area contributed by atoms with Gasteiger partial charge in [0, 0.05) is 4.47 Å². The first-order chi connectivity index (χ1) is 8.52. The van der Waals surface area contributed by atoms with Crippen molar-refractivity contribution in [2.75, 3.05) is 0 Å². The second-order valence-electron chi connectivity index (χ2n) is 5.57. The summed E-state index contributed by atoms with van der Waals surface area (Å²) >= 11 is 3.40. The van der Waals surface area contributed by atoms with E-state index in [0.717, 1.165) is 35.7 Å². The Morgan fingerprint density at radius 3 is 2.39 bits per heavy atom. The highest BCUT2D eigenvalue weighted by atomic mass is 79.9. The molecule has 0 aliphatic heterocycles. The fourth-order valence-corrected chi connectivity index (χ4v) is 3.04. The minimum atomic E-state index is -0.627. The molecule has 0 saturated heterocycles. The summed E-state index contributed by atoms with van der Waals surface area (Å²) in [5.74, 6) is 0.0414. The molecule has 2 rings (SSSR count). The molecular formula is C15H19BrO2. The number of hydrogen-bond acceptors (Lipinski definition) is 1. The van der Waals surface area contributed by atoms with Gasteiger partial charge in [0.25, 0.3) is 0 Å². The van der Waals surface area contributed by atoms with Gasteiger partial charge < -0.3 is 5.11 Å². The first-order valence-corrected chi connectivity index (χ1v) is 7.29. The lowest BCUT2D eigenvalue weighted by atomic mass is 9.68. The van der Waals surface area contributed by atoms with E-state index in [9.17, 15) is 9.90 Å². The molecule has 1 aromatic carbocycles. The third-order valence-corrected chi connectivity index (χ3v) is 4.67. The van der Waals surface area contributed by atoms with E-state index in [2.05, 4.69) is 22.9 Å². The zero-order valence-corrected chi connectivity index (χ0v) is 12.2. The zero-order chi connectivity index (χ0) is 13.2. The second-order valence-corrected chi connectivity index (χ2v) is 6.49. The number of halogens is 1. The molecule has 0 unspecified atom stereocenters. The summed E-state index contributed by atoms with van der Waals surface area (Å²) in [6.07, 6.45) is 4.33. The molecule has 0 heterocycles. The van der Waals surface area contributed by atoms with Crippen molar-refractivity contribution in [2.45, 2.75) is 39.0 Å². The van der Waals surface area contributed by atoms with Crippen molar-refractivity contribution < 1.29 is 9.90 Å². The highest BCUT2D eigenvalue weighted by Gasteiger charge is 2.41. The van der Waals surface area contributed by atoms with Crippen LogP contribution in [-0.4, -0.2) is 11.1 Å². The van der Waals surface area contributed by atoms with Gasteiger partial charge in [0.15, 0.2) is 0 Å². The predicted octanol–water partition coefficient (Wildman–Crippen LogP) is 4.27. The summed E-state index contributed by atoms with van der Waals surface area (Å²) in [6.45, 7) is 2.21. The highest BCUT2D eigenvalue weighted by Crippen LogP contribution is 2.41. The minimum Gasteiger partial charge on any atom is -0.481 e. The monoisotopic (exact) mass is 310 g/mol. The predicted molar refractivity (Wildman–Crippen MR) is 75.5 cm³/mol. The molecule has 2 nitrogen and oxygen atoms in total. The molecule has 0 atom stereocenters. The van der Waals surface area contributed by atoms with Crippen LogP contribution in [0.5, 0.6) is 0 Å². The second kappa shape index (κ2) is 5.43. The van der Waals surface area contributed by atoms with E-state index >= 15 is 0 Å². The number of rotatable bonds is 3.